The largest absolute Gasteiger partial charge is 0.495 e. The van der Waals surface area contributed by atoms with Crippen molar-refractivity contribution < 1.29 is 23.9 Å². The molecule has 30 heavy (non-hydrogen) atoms. The summed E-state index contributed by atoms with van der Waals surface area (Å²) in [5, 5.41) is 5.50. The summed E-state index contributed by atoms with van der Waals surface area (Å²) < 4.78 is 10.8. The average molecular weight is 411 g/mol. The lowest BCUT2D eigenvalue weighted by molar-refractivity contribution is -0.122. The van der Waals surface area contributed by atoms with E-state index >= 15 is 0 Å². The molecule has 0 spiro atoms. The van der Waals surface area contributed by atoms with Gasteiger partial charge >= 0.3 is 0 Å². The standard InChI is InChI=1S/C22H25N3O5/c1-4-30-20-8-6-5-7-18(20)25-13-15(11-21(25)27)22(28)24-16-9-10-19(29-3)17(12-16)23-14(2)26/h5-10,12,15H,4,11,13H2,1-3H3,(H,23,26)(H,24,28). The molecule has 8 nitrogen and oxygen atoms in total. The zero-order chi connectivity index (χ0) is 21.7. The number of methoxy groups -OCH3 is 1. The third-order valence-electron chi connectivity index (χ3n) is 4.73. The molecule has 1 saturated heterocycles. The normalized spacial score (nSPS) is 15.6. The van der Waals surface area contributed by atoms with Crippen molar-refractivity contribution >= 4 is 34.8 Å². The lowest BCUT2D eigenvalue weighted by atomic mass is 10.1. The predicted octanol–water partition coefficient (Wildman–Crippen LogP) is 3.04. The van der Waals surface area contributed by atoms with Crippen LogP contribution in [0.25, 0.3) is 0 Å². The van der Waals surface area contributed by atoms with E-state index in [-0.39, 0.29) is 30.7 Å². The molecule has 0 saturated carbocycles. The van der Waals surface area contributed by atoms with Crippen molar-refractivity contribution in [2.24, 2.45) is 5.92 Å². The Morgan fingerprint density at radius 1 is 1.13 bits per heavy atom. The van der Waals surface area contributed by atoms with Crippen LogP contribution in [-0.4, -0.2) is 38.0 Å². The smallest absolute Gasteiger partial charge is 0.229 e. The van der Waals surface area contributed by atoms with Crippen LogP contribution in [-0.2, 0) is 14.4 Å². The average Bonchev–Trinajstić information content (AvgIpc) is 3.10. The number of ether oxygens (including phenoxy) is 2. The van der Waals surface area contributed by atoms with Crippen molar-refractivity contribution in [1.29, 1.82) is 0 Å². The van der Waals surface area contributed by atoms with Gasteiger partial charge in [0.2, 0.25) is 17.7 Å². The second kappa shape index (κ2) is 9.30. The lowest BCUT2D eigenvalue weighted by Crippen LogP contribution is -2.28. The Hall–Kier alpha value is -3.55. The van der Waals surface area contributed by atoms with E-state index in [1.807, 2.05) is 25.1 Å². The van der Waals surface area contributed by atoms with Crippen LogP contribution in [0.4, 0.5) is 17.1 Å². The molecular weight excluding hydrogens is 386 g/mol. The molecule has 0 aromatic heterocycles. The number of anilines is 3. The molecular formula is C22H25N3O5. The third-order valence-corrected chi connectivity index (χ3v) is 4.73. The first-order valence-electron chi connectivity index (χ1n) is 9.71. The van der Waals surface area contributed by atoms with Crippen LogP contribution in [0.5, 0.6) is 11.5 Å². The fourth-order valence-corrected chi connectivity index (χ4v) is 3.39. The Kier molecular flexibility index (Phi) is 6.56. The SMILES string of the molecule is CCOc1ccccc1N1CC(C(=O)Nc2ccc(OC)c(NC(C)=O)c2)CC1=O. The van der Waals surface area contributed by atoms with E-state index in [4.69, 9.17) is 9.47 Å². The van der Waals surface area contributed by atoms with Gasteiger partial charge in [0.15, 0.2) is 0 Å². The Bertz CT molecular complexity index is 960. The molecule has 3 amide bonds. The van der Waals surface area contributed by atoms with Crippen molar-refractivity contribution in [3.05, 3.63) is 42.5 Å². The van der Waals surface area contributed by atoms with E-state index in [1.165, 1.54) is 14.0 Å². The van der Waals surface area contributed by atoms with Gasteiger partial charge in [0.25, 0.3) is 0 Å². The topological polar surface area (TPSA) is 97.0 Å². The zero-order valence-electron chi connectivity index (χ0n) is 17.2. The summed E-state index contributed by atoms with van der Waals surface area (Å²) in [5.74, 6) is -0.0441. The van der Waals surface area contributed by atoms with Gasteiger partial charge in [-0.15, -0.1) is 0 Å². The highest BCUT2D eigenvalue weighted by atomic mass is 16.5. The number of rotatable bonds is 7. The van der Waals surface area contributed by atoms with Gasteiger partial charge in [0, 0.05) is 25.6 Å². The molecule has 0 radical (unpaired) electrons. The summed E-state index contributed by atoms with van der Waals surface area (Å²) in [6.45, 7) is 4.02. The molecule has 2 aromatic carbocycles. The van der Waals surface area contributed by atoms with Gasteiger partial charge in [0.05, 0.1) is 31.0 Å². The number of amides is 3. The molecule has 1 aliphatic heterocycles. The van der Waals surface area contributed by atoms with Crippen molar-refractivity contribution in [1.82, 2.24) is 0 Å². The molecule has 1 aliphatic rings. The van der Waals surface area contributed by atoms with Crippen LogP contribution in [0.2, 0.25) is 0 Å². The molecule has 1 fully saturated rings. The molecule has 0 aliphatic carbocycles. The van der Waals surface area contributed by atoms with Gasteiger partial charge < -0.3 is 25.0 Å². The van der Waals surface area contributed by atoms with Crippen LogP contribution in [0.15, 0.2) is 42.5 Å². The molecule has 158 valence electrons. The molecule has 0 bridgehead atoms. The second-order valence-electron chi connectivity index (χ2n) is 6.89. The number of hydrogen-bond acceptors (Lipinski definition) is 5. The minimum absolute atomic E-state index is 0.112. The fourth-order valence-electron chi connectivity index (χ4n) is 3.39. The van der Waals surface area contributed by atoms with Crippen LogP contribution in [0.3, 0.4) is 0 Å². The maximum atomic E-state index is 12.8. The molecule has 3 rings (SSSR count). The highest BCUT2D eigenvalue weighted by Crippen LogP contribution is 2.34. The summed E-state index contributed by atoms with van der Waals surface area (Å²) >= 11 is 0. The number of hydrogen-bond donors (Lipinski definition) is 2. The highest BCUT2D eigenvalue weighted by molar-refractivity contribution is 6.04. The number of carbonyl (C=O) groups excluding carboxylic acids is 3. The minimum atomic E-state index is -0.501. The summed E-state index contributed by atoms with van der Waals surface area (Å²) in [4.78, 5) is 38.4. The maximum Gasteiger partial charge on any atom is 0.229 e. The Labute approximate surface area is 175 Å². The highest BCUT2D eigenvalue weighted by Gasteiger charge is 2.36. The number of nitrogens with one attached hydrogen (secondary N) is 2. The predicted molar refractivity (Wildman–Crippen MR) is 114 cm³/mol. The van der Waals surface area contributed by atoms with Crippen LogP contribution in [0, 0.1) is 5.92 Å². The maximum absolute atomic E-state index is 12.8. The molecule has 1 unspecified atom stereocenters. The van der Waals surface area contributed by atoms with Gasteiger partial charge in [-0.3, -0.25) is 14.4 Å². The summed E-state index contributed by atoms with van der Waals surface area (Å²) in [5.41, 5.74) is 1.62. The van der Waals surface area contributed by atoms with E-state index in [9.17, 15) is 14.4 Å². The number of benzene rings is 2. The van der Waals surface area contributed by atoms with Crippen molar-refractivity contribution in [3.8, 4) is 11.5 Å². The molecule has 1 heterocycles. The molecule has 8 heteroatoms. The Morgan fingerprint density at radius 3 is 2.60 bits per heavy atom. The summed E-state index contributed by atoms with van der Waals surface area (Å²) in [7, 11) is 1.50. The van der Waals surface area contributed by atoms with Crippen LogP contribution < -0.4 is 25.0 Å². The minimum Gasteiger partial charge on any atom is -0.495 e. The van der Waals surface area contributed by atoms with Gasteiger partial charge in [-0.25, -0.2) is 0 Å². The number of nitrogens with zero attached hydrogens (tertiary/aromatic N) is 1. The molecule has 2 N–H and O–H groups in total. The van der Waals surface area contributed by atoms with Crippen LogP contribution >= 0.6 is 0 Å². The first kappa shape index (κ1) is 21.2. The monoisotopic (exact) mass is 411 g/mol. The zero-order valence-corrected chi connectivity index (χ0v) is 17.2. The summed E-state index contributed by atoms with van der Waals surface area (Å²) in [6, 6.07) is 12.3. The summed E-state index contributed by atoms with van der Waals surface area (Å²) in [6.07, 6.45) is 0.112. The Morgan fingerprint density at radius 2 is 1.90 bits per heavy atom. The van der Waals surface area contributed by atoms with E-state index in [2.05, 4.69) is 10.6 Å². The lowest BCUT2D eigenvalue weighted by Gasteiger charge is -2.20. The van der Waals surface area contributed by atoms with Gasteiger partial charge in [0.1, 0.15) is 11.5 Å². The number of carbonyl (C=O) groups is 3. The van der Waals surface area contributed by atoms with Crippen molar-refractivity contribution in [2.75, 3.05) is 35.8 Å². The van der Waals surface area contributed by atoms with E-state index in [0.29, 0.717) is 35.2 Å². The van der Waals surface area contributed by atoms with E-state index in [1.54, 1.807) is 29.2 Å². The second-order valence-corrected chi connectivity index (χ2v) is 6.89. The van der Waals surface area contributed by atoms with Crippen LogP contribution in [0.1, 0.15) is 20.3 Å². The van der Waals surface area contributed by atoms with E-state index in [0.717, 1.165) is 0 Å². The quantitative estimate of drug-likeness (QED) is 0.730. The Balaban J connectivity index is 1.73. The van der Waals surface area contributed by atoms with Crippen molar-refractivity contribution in [3.63, 3.8) is 0 Å². The molecule has 1 atom stereocenters. The third kappa shape index (κ3) is 4.71. The van der Waals surface area contributed by atoms with Crippen molar-refractivity contribution in [2.45, 2.75) is 20.3 Å². The van der Waals surface area contributed by atoms with E-state index < -0.39 is 5.92 Å². The first-order valence-corrected chi connectivity index (χ1v) is 9.71. The van der Waals surface area contributed by atoms with Gasteiger partial charge in [-0.1, -0.05) is 12.1 Å². The fraction of sp³-hybridized carbons (Fsp3) is 0.318. The van der Waals surface area contributed by atoms with Gasteiger partial charge in [-0.2, -0.15) is 0 Å². The van der Waals surface area contributed by atoms with Gasteiger partial charge in [-0.05, 0) is 37.3 Å². The molecule has 2 aromatic rings. The first-order chi connectivity index (χ1) is 14.4. The number of para-hydroxylation sites is 2.